The Kier molecular flexibility index (Phi) is 6.93. The number of hydrogen-bond donors (Lipinski definition) is 1. The van der Waals surface area contributed by atoms with Gasteiger partial charge in [-0.25, -0.2) is 0 Å². The van der Waals surface area contributed by atoms with Crippen molar-refractivity contribution in [2.75, 3.05) is 21.3 Å². The fraction of sp³-hybridized carbons (Fsp3) is 0.192. The van der Waals surface area contributed by atoms with E-state index in [1.807, 2.05) is 0 Å². The number of aliphatic hydroxyl groups is 1. The standard InChI is InChI=1S/C26H23ClN2O6/c1-33-19-11-17(12-20(34-2)25(19)35-3)22-21(23(30)16-6-8-18(27)9-7-16)24(31)26(32)29(22)14-15-5-4-10-28-13-15/h4-13,22,30H,14H2,1-3H3/t22-/m0/s1. The lowest BCUT2D eigenvalue weighted by Crippen LogP contribution is -2.29. The molecule has 1 aliphatic rings. The quantitative estimate of drug-likeness (QED) is 0.295. The summed E-state index contributed by atoms with van der Waals surface area (Å²) in [6, 6.07) is 12.3. The maximum absolute atomic E-state index is 13.3. The van der Waals surface area contributed by atoms with Crippen molar-refractivity contribution < 1.29 is 28.9 Å². The molecule has 0 saturated carbocycles. The van der Waals surface area contributed by atoms with Crippen molar-refractivity contribution in [1.82, 2.24) is 9.88 Å². The molecule has 35 heavy (non-hydrogen) atoms. The Hall–Kier alpha value is -4.04. The number of benzene rings is 2. The van der Waals surface area contributed by atoms with E-state index in [9.17, 15) is 14.7 Å². The van der Waals surface area contributed by atoms with Crippen molar-refractivity contribution in [2.24, 2.45) is 0 Å². The molecule has 1 fully saturated rings. The number of amides is 1. The molecule has 1 N–H and O–H groups in total. The Bertz CT molecular complexity index is 1270. The van der Waals surface area contributed by atoms with Crippen molar-refractivity contribution in [1.29, 1.82) is 0 Å². The van der Waals surface area contributed by atoms with Crippen molar-refractivity contribution in [3.05, 3.63) is 88.2 Å². The lowest BCUT2D eigenvalue weighted by molar-refractivity contribution is -0.140. The summed E-state index contributed by atoms with van der Waals surface area (Å²) in [5, 5.41) is 11.7. The van der Waals surface area contributed by atoms with Gasteiger partial charge in [0.15, 0.2) is 11.5 Å². The van der Waals surface area contributed by atoms with Crippen LogP contribution in [0.4, 0.5) is 0 Å². The molecule has 0 radical (unpaired) electrons. The van der Waals surface area contributed by atoms with Crippen LogP contribution in [0, 0.1) is 0 Å². The smallest absolute Gasteiger partial charge is 0.295 e. The van der Waals surface area contributed by atoms with Gasteiger partial charge in [0.05, 0.1) is 32.9 Å². The second-order valence-electron chi connectivity index (χ2n) is 7.75. The first-order valence-electron chi connectivity index (χ1n) is 10.6. The molecule has 9 heteroatoms. The molecule has 0 bridgehead atoms. The van der Waals surface area contributed by atoms with E-state index in [2.05, 4.69) is 4.98 Å². The number of carbonyl (C=O) groups is 2. The molecule has 3 aromatic rings. The van der Waals surface area contributed by atoms with Gasteiger partial charge in [0.1, 0.15) is 5.76 Å². The third-order valence-electron chi connectivity index (χ3n) is 5.74. The van der Waals surface area contributed by atoms with Crippen molar-refractivity contribution in [3.8, 4) is 17.2 Å². The topological polar surface area (TPSA) is 98.2 Å². The molecule has 1 amide bonds. The Labute approximate surface area is 207 Å². The van der Waals surface area contributed by atoms with Gasteiger partial charge in [-0.05, 0) is 53.6 Å². The number of Topliss-reactive ketones (excluding diaryl/α,β-unsaturated/α-hetero) is 1. The molecular formula is C26H23ClN2O6. The first-order valence-corrected chi connectivity index (χ1v) is 11.0. The lowest BCUT2D eigenvalue weighted by atomic mass is 9.94. The number of rotatable bonds is 7. The van der Waals surface area contributed by atoms with E-state index in [0.717, 1.165) is 5.56 Å². The predicted octanol–water partition coefficient (Wildman–Crippen LogP) is 4.38. The molecule has 0 aliphatic carbocycles. The molecule has 4 rings (SSSR count). The average Bonchev–Trinajstić information content (AvgIpc) is 3.13. The number of nitrogens with zero attached hydrogens (tertiary/aromatic N) is 2. The monoisotopic (exact) mass is 494 g/mol. The van der Waals surface area contributed by atoms with Gasteiger partial charge in [-0.2, -0.15) is 0 Å². The van der Waals surface area contributed by atoms with E-state index in [0.29, 0.717) is 33.4 Å². The molecule has 0 spiro atoms. The Morgan fingerprint density at radius 1 is 1.03 bits per heavy atom. The fourth-order valence-corrected chi connectivity index (χ4v) is 4.23. The SMILES string of the molecule is COc1cc([C@H]2C(=C(O)c3ccc(Cl)cc3)C(=O)C(=O)N2Cc2cccnc2)cc(OC)c1OC. The van der Waals surface area contributed by atoms with Crippen molar-refractivity contribution in [3.63, 3.8) is 0 Å². The number of pyridine rings is 1. The van der Waals surface area contributed by atoms with Crippen molar-refractivity contribution >= 4 is 29.1 Å². The Morgan fingerprint density at radius 3 is 2.23 bits per heavy atom. The fourth-order valence-electron chi connectivity index (χ4n) is 4.10. The maximum Gasteiger partial charge on any atom is 0.295 e. The molecule has 1 aliphatic heterocycles. The molecule has 180 valence electrons. The average molecular weight is 495 g/mol. The number of aliphatic hydroxyl groups excluding tert-OH is 1. The van der Waals surface area contributed by atoms with Crippen LogP contribution in [0.15, 0.2) is 66.5 Å². The van der Waals surface area contributed by atoms with Crippen LogP contribution in [-0.2, 0) is 16.1 Å². The number of carbonyl (C=O) groups excluding carboxylic acids is 2. The van der Waals surface area contributed by atoms with Gasteiger partial charge in [0, 0.05) is 29.5 Å². The number of ether oxygens (including phenoxy) is 3. The normalized spacial score (nSPS) is 16.9. The van der Waals surface area contributed by atoms with Gasteiger partial charge in [-0.1, -0.05) is 17.7 Å². The zero-order valence-electron chi connectivity index (χ0n) is 19.3. The lowest BCUT2D eigenvalue weighted by Gasteiger charge is -2.26. The number of aromatic nitrogens is 1. The molecule has 2 heterocycles. The highest BCUT2D eigenvalue weighted by Crippen LogP contribution is 2.46. The number of hydrogen-bond acceptors (Lipinski definition) is 7. The third kappa shape index (κ3) is 4.52. The van der Waals surface area contributed by atoms with Gasteiger partial charge in [0.2, 0.25) is 5.75 Å². The van der Waals surface area contributed by atoms with Crippen LogP contribution in [0.5, 0.6) is 17.2 Å². The van der Waals surface area contributed by atoms with Crippen LogP contribution in [0.1, 0.15) is 22.7 Å². The molecular weight excluding hydrogens is 472 g/mol. The molecule has 1 atom stereocenters. The van der Waals surface area contributed by atoms with E-state index >= 15 is 0 Å². The first kappa shape index (κ1) is 24.1. The molecule has 1 aromatic heterocycles. The number of halogens is 1. The zero-order valence-corrected chi connectivity index (χ0v) is 20.1. The minimum Gasteiger partial charge on any atom is -0.507 e. The Morgan fingerprint density at radius 2 is 1.69 bits per heavy atom. The Balaban J connectivity index is 1.94. The highest BCUT2D eigenvalue weighted by Gasteiger charge is 2.46. The number of likely N-dealkylation sites (tertiary alicyclic amines) is 1. The number of methoxy groups -OCH3 is 3. The summed E-state index contributed by atoms with van der Waals surface area (Å²) in [6.07, 6.45) is 3.24. The van der Waals surface area contributed by atoms with Gasteiger partial charge in [-0.3, -0.25) is 14.6 Å². The van der Waals surface area contributed by atoms with E-state index in [-0.39, 0.29) is 17.9 Å². The predicted molar refractivity (Wildman–Crippen MR) is 130 cm³/mol. The van der Waals surface area contributed by atoms with Crippen LogP contribution in [0.3, 0.4) is 0 Å². The minimum absolute atomic E-state index is 0.0597. The van der Waals surface area contributed by atoms with Gasteiger partial charge in [-0.15, -0.1) is 0 Å². The van der Waals surface area contributed by atoms with Crippen LogP contribution in [0.2, 0.25) is 5.02 Å². The van der Waals surface area contributed by atoms with E-state index in [4.69, 9.17) is 25.8 Å². The van der Waals surface area contributed by atoms with Gasteiger partial charge >= 0.3 is 0 Å². The largest absolute Gasteiger partial charge is 0.507 e. The second kappa shape index (κ2) is 10.1. The van der Waals surface area contributed by atoms with Crippen LogP contribution in [0.25, 0.3) is 5.76 Å². The van der Waals surface area contributed by atoms with E-state index < -0.39 is 17.7 Å². The molecule has 8 nitrogen and oxygen atoms in total. The summed E-state index contributed by atoms with van der Waals surface area (Å²) in [4.78, 5) is 32.0. The maximum atomic E-state index is 13.3. The van der Waals surface area contributed by atoms with E-state index in [1.165, 1.54) is 26.2 Å². The highest BCUT2D eigenvalue weighted by molar-refractivity contribution is 6.46. The molecule has 2 aromatic carbocycles. The summed E-state index contributed by atoms with van der Waals surface area (Å²) in [5.74, 6) is -0.808. The summed E-state index contributed by atoms with van der Waals surface area (Å²) in [5.41, 5.74) is 1.51. The van der Waals surface area contributed by atoms with Crippen LogP contribution < -0.4 is 14.2 Å². The third-order valence-corrected chi connectivity index (χ3v) is 5.99. The summed E-state index contributed by atoms with van der Waals surface area (Å²) in [7, 11) is 4.43. The number of ketones is 1. The minimum atomic E-state index is -0.931. The summed E-state index contributed by atoms with van der Waals surface area (Å²) >= 11 is 5.99. The highest BCUT2D eigenvalue weighted by atomic mass is 35.5. The summed E-state index contributed by atoms with van der Waals surface area (Å²) < 4.78 is 16.4. The van der Waals surface area contributed by atoms with E-state index in [1.54, 1.807) is 60.9 Å². The first-order chi connectivity index (χ1) is 16.9. The van der Waals surface area contributed by atoms with Crippen molar-refractivity contribution in [2.45, 2.75) is 12.6 Å². The molecule has 1 saturated heterocycles. The van der Waals surface area contributed by atoms with Gasteiger partial charge in [0.25, 0.3) is 11.7 Å². The van der Waals surface area contributed by atoms with Crippen LogP contribution in [-0.4, -0.2) is 48.0 Å². The van der Waals surface area contributed by atoms with Gasteiger partial charge < -0.3 is 24.2 Å². The summed E-state index contributed by atoms with van der Waals surface area (Å²) in [6.45, 7) is 0.0944. The van der Waals surface area contributed by atoms with Crippen LogP contribution >= 0.6 is 11.6 Å². The second-order valence-corrected chi connectivity index (χ2v) is 8.19. The zero-order chi connectivity index (χ0) is 25.1. The molecule has 0 unspecified atom stereocenters.